The summed E-state index contributed by atoms with van der Waals surface area (Å²) >= 11 is 0. The highest BCUT2D eigenvalue weighted by Gasteiger charge is 2.24. The number of aromatic nitrogens is 1. The zero-order chi connectivity index (χ0) is 21.9. The molecule has 1 fully saturated rings. The average molecular weight is 424 g/mol. The van der Waals surface area contributed by atoms with Crippen molar-refractivity contribution in [1.82, 2.24) is 14.8 Å². The molecule has 0 bridgehead atoms. The summed E-state index contributed by atoms with van der Waals surface area (Å²) in [4.78, 5) is 33.1. The number of benzene rings is 1. The maximum Gasteiger partial charge on any atom is 0.226 e. The van der Waals surface area contributed by atoms with E-state index >= 15 is 0 Å². The Morgan fingerprint density at radius 3 is 2.71 bits per heavy atom. The topological polar surface area (TPSA) is 62.7 Å². The van der Waals surface area contributed by atoms with Crippen molar-refractivity contribution in [2.45, 2.75) is 38.5 Å². The lowest BCUT2D eigenvalue weighted by Gasteiger charge is -2.33. The average Bonchev–Trinajstić information content (AvgIpc) is 2.82. The van der Waals surface area contributed by atoms with Gasteiger partial charge in [-0.3, -0.25) is 14.6 Å². The van der Waals surface area contributed by atoms with E-state index in [0.29, 0.717) is 31.9 Å². The van der Waals surface area contributed by atoms with E-state index in [-0.39, 0.29) is 11.8 Å². The van der Waals surface area contributed by atoms with E-state index in [1.807, 2.05) is 60.5 Å². The third-order valence-corrected chi connectivity index (χ3v) is 5.82. The smallest absolute Gasteiger partial charge is 0.226 e. The van der Waals surface area contributed by atoms with E-state index < -0.39 is 0 Å². The first kappa shape index (κ1) is 22.8. The van der Waals surface area contributed by atoms with Gasteiger partial charge in [-0.2, -0.15) is 0 Å². The number of para-hydroxylation sites is 1. The molecule has 3 rings (SSSR count). The van der Waals surface area contributed by atoms with Crippen molar-refractivity contribution in [1.29, 1.82) is 0 Å². The normalized spacial score (nSPS) is 16.0. The number of ether oxygens (including phenoxy) is 1. The maximum absolute atomic E-state index is 12.6. The molecule has 166 valence electrons. The van der Waals surface area contributed by atoms with Gasteiger partial charge in [0.2, 0.25) is 11.8 Å². The molecule has 2 amide bonds. The van der Waals surface area contributed by atoms with Crippen LogP contribution in [0.4, 0.5) is 0 Å². The molecule has 0 radical (unpaired) electrons. The number of carbonyl (C=O) groups excluding carboxylic acids is 2. The number of likely N-dealkylation sites (N-methyl/N-ethyl adjacent to an activating group) is 1. The Morgan fingerprint density at radius 2 is 1.94 bits per heavy atom. The maximum atomic E-state index is 12.6. The molecule has 2 heterocycles. The van der Waals surface area contributed by atoms with Crippen molar-refractivity contribution >= 4 is 11.8 Å². The second-order valence-corrected chi connectivity index (χ2v) is 8.18. The quantitative estimate of drug-likeness (QED) is 0.586. The second-order valence-electron chi connectivity index (χ2n) is 8.18. The van der Waals surface area contributed by atoms with Gasteiger partial charge >= 0.3 is 0 Å². The zero-order valence-electron chi connectivity index (χ0n) is 18.4. The lowest BCUT2D eigenvalue weighted by atomic mass is 9.93. The molecule has 6 nitrogen and oxygen atoms in total. The summed E-state index contributed by atoms with van der Waals surface area (Å²) in [6.07, 6.45) is 6.37. The fourth-order valence-electron chi connectivity index (χ4n) is 3.93. The van der Waals surface area contributed by atoms with E-state index in [9.17, 15) is 9.59 Å². The number of carbonyl (C=O) groups is 2. The van der Waals surface area contributed by atoms with Gasteiger partial charge in [0.15, 0.2) is 0 Å². The van der Waals surface area contributed by atoms with Gasteiger partial charge in [0.25, 0.3) is 0 Å². The third kappa shape index (κ3) is 7.70. The fraction of sp³-hybridized carbons (Fsp3) is 0.480. The Bertz CT molecular complexity index is 813. The van der Waals surface area contributed by atoms with Gasteiger partial charge in [-0.25, -0.2) is 0 Å². The molecule has 1 aromatic heterocycles. The molecule has 0 aliphatic carbocycles. The molecular weight excluding hydrogens is 390 g/mol. The first-order valence-electron chi connectivity index (χ1n) is 11.2. The highest BCUT2D eigenvalue weighted by molar-refractivity contribution is 5.77. The predicted octanol–water partition coefficient (Wildman–Crippen LogP) is 3.57. The van der Waals surface area contributed by atoms with Crippen LogP contribution in [0, 0.1) is 5.92 Å². The lowest BCUT2D eigenvalue weighted by Crippen LogP contribution is -2.40. The number of likely N-dealkylation sites (tertiary alicyclic amines) is 1. The third-order valence-electron chi connectivity index (χ3n) is 5.82. The van der Waals surface area contributed by atoms with Gasteiger partial charge in [0.1, 0.15) is 5.75 Å². The van der Waals surface area contributed by atoms with Crippen molar-refractivity contribution in [3.05, 3.63) is 60.4 Å². The van der Waals surface area contributed by atoms with Crippen LogP contribution >= 0.6 is 0 Å². The van der Waals surface area contributed by atoms with Crippen molar-refractivity contribution in [2.24, 2.45) is 5.92 Å². The van der Waals surface area contributed by atoms with E-state index in [1.54, 1.807) is 11.1 Å². The van der Waals surface area contributed by atoms with Gasteiger partial charge in [-0.05, 0) is 49.4 Å². The Balaban J connectivity index is 1.34. The molecule has 1 aliphatic heterocycles. The van der Waals surface area contributed by atoms with Crippen LogP contribution in [0.1, 0.15) is 37.8 Å². The van der Waals surface area contributed by atoms with Gasteiger partial charge in [0.05, 0.1) is 13.0 Å². The fourth-order valence-corrected chi connectivity index (χ4v) is 3.93. The molecule has 0 N–H and O–H groups in total. The summed E-state index contributed by atoms with van der Waals surface area (Å²) in [5, 5.41) is 0. The van der Waals surface area contributed by atoms with Gasteiger partial charge in [-0.15, -0.1) is 0 Å². The predicted molar refractivity (Wildman–Crippen MR) is 121 cm³/mol. The molecule has 0 unspecified atom stereocenters. The summed E-state index contributed by atoms with van der Waals surface area (Å²) < 4.78 is 5.65. The number of piperidine rings is 1. The first-order chi connectivity index (χ1) is 15.1. The Kier molecular flexibility index (Phi) is 8.88. The van der Waals surface area contributed by atoms with Crippen LogP contribution in [-0.4, -0.2) is 59.9 Å². The minimum atomic E-state index is 0.138. The number of hydrogen-bond donors (Lipinski definition) is 0. The molecule has 1 aromatic carbocycles. The molecule has 1 aliphatic rings. The molecule has 0 spiro atoms. The molecule has 6 heteroatoms. The summed E-state index contributed by atoms with van der Waals surface area (Å²) in [5.74, 6) is 1.48. The van der Waals surface area contributed by atoms with Crippen LogP contribution in [0.2, 0.25) is 0 Å². The minimum absolute atomic E-state index is 0.138. The molecular formula is C25H33N3O3. The minimum Gasteiger partial charge on any atom is -0.493 e. The van der Waals surface area contributed by atoms with Crippen LogP contribution in [0.15, 0.2) is 54.7 Å². The SMILES string of the molecule is CN(CCc1ccccn1)C(=O)CC[C@@H]1CCCN(C(=O)CCOc2ccccc2)C1. The van der Waals surface area contributed by atoms with Crippen molar-refractivity contribution < 1.29 is 14.3 Å². The van der Waals surface area contributed by atoms with Gasteiger partial charge < -0.3 is 14.5 Å². The summed E-state index contributed by atoms with van der Waals surface area (Å²) in [7, 11) is 1.86. The van der Waals surface area contributed by atoms with Crippen molar-refractivity contribution in [3.8, 4) is 5.75 Å². The zero-order valence-corrected chi connectivity index (χ0v) is 18.4. The van der Waals surface area contributed by atoms with E-state index in [0.717, 1.165) is 50.2 Å². The van der Waals surface area contributed by atoms with Crippen molar-refractivity contribution in [2.75, 3.05) is 33.3 Å². The largest absolute Gasteiger partial charge is 0.493 e. The summed E-state index contributed by atoms with van der Waals surface area (Å²) in [5.41, 5.74) is 1.000. The monoisotopic (exact) mass is 423 g/mol. The number of hydrogen-bond acceptors (Lipinski definition) is 4. The van der Waals surface area contributed by atoms with E-state index in [1.165, 1.54) is 0 Å². The van der Waals surface area contributed by atoms with Crippen LogP contribution < -0.4 is 4.74 Å². The Morgan fingerprint density at radius 1 is 1.13 bits per heavy atom. The number of nitrogens with zero attached hydrogens (tertiary/aromatic N) is 3. The number of rotatable bonds is 10. The number of pyridine rings is 1. The highest BCUT2D eigenvalue weighted by atomic mass is 16.5. The number of amides is 2. The van der Waals surface area contributed by atoms with E-state index in [2.05, 4.69) is 4.98 Å². The summed E-state index contributed by atoms with van der Waals surface area (Å²) in [6, 6.07) is 15.4. The molecule has 0 saturated carbocycles. The standard InChI is InChI=1S/C25H33N3O3/c1-27(18-14-22-9-5-6-16-26-22)24(29)13-12-21-8-7-17-28(20-21)25(30)15-19-31-23-10-3-2-4-11-23/h2-6,9-11,16,21H,7-8,12-15,17-20H2,1H3/t21-/m0/s1. The van der Waals surface area contributed by atoms with E-state index in [4.69, 9.17) is 4.74 Å². The highest BCUT2D eigenvalue weighted by Crippen LogP contribution is 2.22. The van der Waals surface area contributed by atoms with Crippen LogP contribution in [-0.2, 0) is 16.0 Å². The summed E-state index contributed by atoms with van der Waals surface area (Å²) in [6.45, 7) is 2.61. The Hall–Kier alpha value is -2.89. The lowest BCUT2D eigenvalue weighted by molar-refractivity contribution is -0.133. The van der Waals surface area contributed by atoms with Crippen molar-refractivity contribution in [3.63, 3.8) is 0 Å². The Labute approximate surface area is 185 Å². The van der Waals surface area contributed by atoms with Crippen LogP contribution in [0.3, 0.4) is 0 Å². The van der Waals surface area contributed by atoms with Crippen LogP contribution in [0.25, 0.3) is 0 Å². The molecule has 1 atom stereocenters. The van der Waals surface area contributed by atoms with Gasteiger partial charge in [-0.1, -0.05) is 24.3 Å². The van der Waals surface area contributed by atoms with Gasteiger partial charge in [0, 0.05) is 51.4 Å². The first-order valence-corrected chi connectivity index (χ1v) is 11.2. The molecule has 1 saturated heterocycles. The molecule has 31 heavy (non-hydrogen) atoms. The second kappa shape index (κ2) is 12.1. The van der Waals surface area contributed by atoms with Crippen LogP contribution in [0.5, 0.6) is 5.75 Å². The molecule has 2 aromatic rings.